The van der Waals surface area contributed by atoms with E-state index in [2.05, 4.69) is 10.3 Å². The third-order valence-electron chi connectivity index (χ3n) is 5.10. The second-order valence-electron chi connectivity index (χ2n) is 7.41. The van der Waals surface area contributed by atoms with E-state index in [9.17, 15) is 17.6 Å². The van der Waals surface area contributed by atoms with E-state index in [-0.39, 0.29) is 17.3 Å². The molecule has 1 aromatic carbocycles. The SMILES string of the molecule is NC=C(C=NCC(F)(F)F)C1=CNC(N2CCC(N)CC2)=NC1c1ccc(N)c(F)c1. The molecule has 2 aliphatic rings. The number of nitrogens with one attached hydrogen (secondary N) is 1. The quantitative estimate of drug-likeness (QED) is 0.326. The second kappa shape index (κ2) is 9.38. The van der Waals surface area contributed by atoms with Crippen LogP contribution < -0.4 is 22.5 Å². The van der Waals surface area contributed by atoms with Crippen LogP contribution in [0.3, 0.4) is 0 Å². The van der Waals surface area contributed by atoms with Gasteiger partial charge in [0.05, 0.1) is 5.69 Å². The number of nitrogen functional groups attached to an aromatic ring is 1. The van der Waals surface area contributed by atoms with Crippen molar-refractivity contribution in [2.45, 2.75) is 31.1 Å². The molecule has 7 nitrogen and oxygen atoms in total. The van der Waals surface area contributed by atoms with Crippen molar-refractivity contribution in [1.29, 1.82) is 0 Å². The van der Waals surface area contributed by atoms with Gasteiger partial charge < -0.3 is 27.4 Å². The van der Waals surface area contributed by atoms with Crippen LogP contribution in [0.15, 0.2) is 51.7 Å². The van der Waals surface area contributed by atoms with Gasteiger partial charge in [-0.25, -0.2) is 9.38 Å². The summed E-state index contributed by atoms with van der Waals surface area (Å²) in [6, 6.07) is 3.71. The van der Waals surface area contributed by atoms with Crippen LogP contribution in [0.5, 0.6) is 0 Å². The Morgan fingerprint density at radius 1 is 1.29 bits per heavy atom. The first-order valence-electron chi connectivity index (χ1n) is 9.76. The first kappa shape index (κ1) is 22.6. The molecule has 0 bridgehead atoms. The molecule has 11 heteroatoms. The van der Waals surface area contributed by atoms with Gasteiger partial charge in [-0.15, -0.1) is 0 Å². The zero-order chi connectivity index (χ0) is 22.6. The number of guanidine groups is 1. The fourth-order valence-electron chi connectivity index (χ4n) is 3.40. The summed E-state index contributed by atoms with van der Waals surface area (Å²) in [4.78, 5) is 10.2. The lowest BCUT2D eigenvalue weighted by Gasteiger charge is -2.35. The average Bonchev–Trinajstić information content (AvgIpc) is 2.73. The highest BCUT2D eigenvalue weighted by Crippen LogP contribution is 2.33. The van der Waals surface area contributed by atoms with Crippen molar-refractivity contribution >= 4 is 17.9 Å². The molecule has 1 unspecified atom stereocenters. The smallest absolute Gasteiger partial charge is 0.404 e. The predicted octanol–water partition coefficient (Wildman–Crippen LogP) is 2.19. The number of piperidine rings is 1. The molecule has 168 valence electrons. The Labute approximate surface area is 177 Å². The van der Waals surface area contributed by atoms with E-state index in [0.717, 1.165) is 25.3 Å². The summed E-state index contributed by atoms with van der Waals surface area (Å²) in [7, 11) is 0. The van der Waals surface area contributed by atoms with Gasteiger partial charge in [0, 0.05) is 48.9 Å². The van der Waals surface area contributed by atoms with Gasteiger partial charge in [-0.3, -0.25) is 4.99 Å². The van der Waals surface area contributed by atoms with Crippen molar-refractivity contribution < 1.29 is 17.6 Å². The average molecular weight is 439 g/mol. The minimum Gasteiger partial charge on any atom is -0.404 e. The number of nitrogens with zero attached hydrogens (tertiary/aromatic N) is 3. The van der Waals surface area contributed by atoms with Crippen LogP contribution in [0.25, 0.3) is 0 Å². The number of anilines is 1. The summed E-state index contributed by atoms with van der Waals surface area (Å²) < 4.78 is 51.6. The zero-order valence-corrected chi connectivity index (χ0v) is 16.7. The van der Waals surface area contributed by atoms with E-state index in [1.165, 1.54) is 12.1 Å². The lowest BCUT2D eigenvalue weighted by Crippen LogP contribution is -2.48. The predicted molar refractivity (Wildman–Crippen MR) is 113 cm³/mol. The maximum absolute atomic E-state index is 14.1. The molecule has 0 spiro atoms. The summed E-state index contributed by atoms with van der Waals surface area (Å²) in [5.74, 6) is -0.0402. The molecule has 2 heterocycles. The maximum Gasteiger partial charge on any atom is 0.407 e. The van der Waals surface area contributed by atoms with E-state index in [1.54, 1.807) is 12.3 Å². The highest BCUT2D eigenvalue weighted by atomic mass is 19.4. The van der Waals surface area contributed by atoms with Gasteiger partial charge in [0.1, 0.15) is 18.4 Å². The first-order valence-corrected chi connectivity index (χ1v) is 9.76. The molecule has 1 fully saturated rings. The molecule has 7 N–H and O–H groups in total. The van der Waals surface area contributed by atoms with Crippen molar-refractivity contribution in [1.82, 2.24) is 10.2 Å². The number of hydrogen-bond donors (Lipinski definition) is 4. The molecule has 0 saturated carbocycles. The third kappa shape index (κ3) is 5.75. The molecule has 0 radical (unpaired) electrons. The molecule has 0 aromatic heterocycles. The lowest BCUT2D eigenvalue weighted by molar-refractivity contribution is -0.118. The van der Waals surface area contributed by atoms with Crippen molar-refractivity contribution in [3.8, 4) is 0 Å². The minimum atomic E-state index is -4.44. The van der Waals surface area contributed by atoms with Gasteiger partial charge in [-0.2, -0.15) is 13.2 Å². The van der Waals surface area contributed by atoms with Crippen LogP contribution in [0.1, 0.15) is 24.4 Å². The van der Waals surface area contributed by atoms with Crippen LogP contribution in [0.4, 0.5) is 23.2 Å². The first-order chi connectivity index (χ1) is 14.7. The Morgan fingerprint density at radius 3 is 2.61 bits per heavy atom. The number of nitrogens with two attached hydrogens (primary N) is 3. The van der Waals surface area contributed by atoms with Gasteiger partial charge in [0.15, 0.2) is 5.96 Å². The van der Waals surface area contributed by atoms with E-state index in [1.807, 2.05) is 4.90 Å². The molecule has 1 aromatic rings. The molecule has 1 atom stereocenters. The number of rotatable bonds is 4. The van der Waals surface area contributed by atoms with Crippen molar-refractivity contribution in [2.75, 3.05) is 25.4 Å². The summed E-state index contributed by atoms with van der Waals surface area (Å²) >= 11 is 0. The molecule has 31 heavy (non-hydrogen) atoms. The van der Waals surface area contributed by atoms with Crippen LogP contribution >= 0.6 is 0 Å². The Balaban J connectivity index is 1.93. The van der Waals surface area contributed by atoms with Crippen molar-refractivity contribution in [3.63, 3.8) is 0 Å². The van der Waals surface area contributed by atoms with Crippen LogP contribution in [0.2, 0.25) is 0 Å². The van der Waals surface area contributed by atoms with Gasteiger partial charge in [-0.1, -0.05) is 6.07 Å². The number of hydrogen-bond acceptors (Lipinski definition) is 7. The van der Waals surface area contributed by atoms with E-state index < -0.39 is 24.6 Å². The second-order valence-corrected chi connectivity index (χ2v) is 7.41. The van der Waals surface area contributed by atoms with E-state index in [0.29, 0.717) is 30.2 Å². The summed E-state index contributed by atoms with van der Waals surface area (Å²) in [6.45, 7) is 0.0615. The fourth-order valence-corrected chi connectivity index (χ4v) is 3.40. The standard InChI is InChI=1S/C20H25F4N7/c21-16-7-12(1-2-17(16)27)18-15(13(8-25)9-28-11-20(22,23)24)10-29-19(30-18)31-5-3-14(26)4-6-31/h1-2,7-10,14,18H,3-6,11,25-27H2,(H,29,30). The fraction of sp³-hybridized carbons (Fsp3) is 0.400. The Bertz CT molecular complexity index is 913. The van der Waals surface area contributed by atoms with Gasteiger partial charge >= 0.3 is 6.18 Å². The number of aliphatic imine (C=N–C) groups is 2. The Kier molecular flexibility index (Phi) is 6.84. The molecule has 2 aliphatic heterocycles. The van der Waals surface area contributed by atoms with Crippen LogP contribution in [-0.4, -0.2) is 48.9 Å². The van der Waals surface area contributed by atoms with Crippen molar-refractivity contribution in [2.24, 2.45) is 21.5 Å². The van der Waals surface area contributed by atoms with Crippen molar-refractivity contribution in [3.05, 3.63) is 53.1 Å². The number of benzene rings is 1. The van der Waals surface area contributed by atoms with Gasteiger partial charge in [0.25, 0.3) is 0 Å². The molecular formula is C20H25F4N7. The molecular weight excluding hydrogens is 414 g/mol. The number of likely N-dealkylation sites (tertiary alicyclic amines) is 1. The minimum absolute atomic E-state index is 0.0150. The number of halogens is 4. The Hall–Kier alpha value is -3.08. The summed E-state index contributed by atoms with van der Waals surface area (Å²) in [5, 5.41) is 3.08. The zero-order valence-electron chi connectivity index (χ0n) is 16.7. The topological polar surface area (TPSA) is 118 Å². The number of alkyl halides is 3. The monoisotopic (exact) mass is 439 g/mol. The molecule has 0 amide bonds. The summed E-state index contributed by atoms with van der Waals surface area (Å²) in [5.41, 5.74) is 18.4. The maximum atomic E-state index is 14.1. The highest BCUT2D eigenvalue weighted by molar-refractivity contribution is 5.89. The normalized spacial score (nSPS) is 21.1. The van der Waals surface area contributed by atoms with Crippen LogP contribution in [-0.2, 0) is 0 Å². The summed E-state index contributed by atoms with van der Waals surface area (Å²) in [6.07, 6.45) is 0.965. The lowest BCUT2D eigenvalue weighted by atomic mass is 9.93. The molecule has 0 aliphatic carbocycles. The van der Waals surface area contributed by atoms with Gasteiger partial charge in [-0.05, 0) is 30.5 Å². The Morgan fingerprint density at radius 2 is 2.00 bits per heavy atom. The molecule has 1 saturated heterocycles. The van der Waals surface area contributed by atoms with Gasteiger partial charge in [0.2, 0.25) is 0 Å². The van der Waals surface area contributed by atoms with Crippen LogP contribution in [0, 0.1) is 5.82 Å². The largest absolute Gasteiger partial charge is 0.407 e. The van der Waals surface area contributed by atoms with E-state index in [4.69, 9.17) is 22.2 Å². The third-order valence-corrected chi connectivity index (χ3v) is 5.10. The molecule has 3 rings (SSSR count). The van der Waals surface area contributed by atoms with E-state index >= 15 is 0 Å². The highest BCUT2D eigenvalue weighted by Gasteiger charge is 2.29.